The van der Waals surface area contributed by atoms with E-state index in [9.17, 15) is 8.78 Å². The van der Waals surface area contributed by atoms with Crippen molar-refractivity contribution >= 4 is 12.7 Å². The molecule has 1 aromatic heterocycles. The molecule has 2 rings (SSSR count). The molecular formula is C12H19BF2N2O2. The van der Waals surface area contributed by atoms with Crippen molar-refractivity contribution in [3.05, 3.63) is 11.5 Å². The van der Waals surface area contributed by atoms with Gasteiger partial charge in [0.2, 0.25) is 0 Å². The van der Waals surface area contributed by atoms with E-state index in [0.717, 1.165) is 0 Å². The predicted molar refractivity (Wildman–Crippen MR) is 68.6 cm³/mol. The van der Waals surface area contributed by atoms with Crippen LogP contribution in [-0.2, 0) is 16.3 Å². The summed E-state index contributed by atoms with van der Waals surface area (Å²) in [5, 5.41) is 0. The van der Waals surface area contributed by atoms with Crippen LogP contribution in [0.25, 0.3) is 0 Å². The Bertz CT molecular complexity index is 694. The Kier molecular flexibility index (Phi) is 1.74. The molecule has 0 radical (unpaired) electrons. The molecule has 0 saturated carbocycles. The zero-order chi connectivity index (χ0) is 20.5. The molecule has 1 saturated heterocycles. The Morgan fingerprint density at radius 2 is 1.89 bits per heavy atom. The molecule has 1 aliphatic rings. The third kappa shape index (κ3) is 2.19. The van der Waals surface area contributed by atoms with E-state index >= 15 is 0 Å². The molecule has 1 aliphatic heterocycles. The molecule has 2 heterocycles. The van der Waals surface area contributed by atoms with Gasteiger partial charge in [0.1, 0.15) is 1.37 Å². The lowest BCUT2D eigenvalue weighted by molar-refractivity contribution is 0.00578. The summed E-state index contributed by atoms with van der Waals surface area (Å²) in [7, 11) is -1.47. The first kappa shape index (κ1) is 7.74. The van der Waals surface area contributed by atoms with E-state index in [0.29, 0.717) is 0 Å². The Labute approximate surface area is 122 Å². The number of nitrogens with zero attached hydrogens (tertiary/aromatic N) is 2. The van der Waals surface area contributed by atoms with Crippen LogP contribution in [-0.4, -0.2) is 27.9 Å². The Morgan fingerprint density at radius 3 is 2.32 bits per heavy atom. The first-order valence-electron chi connectivity index (χ1n) is 9.16. The van der Waals surface area contributed by atoms with Gasteiger partial charge in [0.05, 0.1) is 16.8 Å². The van der Waals surface area contributed by atoms with Crippen molar-refractivity contribution in [2.75, 3.05) is 0 Å². The largest absolute Gasteiger partial charge is 0.516 e. The summed E-state index contributed by atoms with van der Waals surface area (Å²) >= 11 is 0. The van der Waals surface area contributed by atoms with Gasteiger partial charge >= 0.3 is 7.12 Å². The van der Waals surface area contributed by atoms with Gasteiger partial charge in [0.25, 0.3) is 6.40 Å². The summed E-state index contributed by atoms with van der Waals surface area (Å²) in [5.41, 5.74) is -3.42. The maximum Gasteiger partial charge on any atom is 0.516 e. The molecule has 19 heavy (non-hydrogen) atoms. The van der Waals surface area contributed by atoms with Crippen LogP contribution in [0.15, 0.2) is 0 Å². The molecule has 0 unspecified atom stereocenters. The van der Waals surface area contributed by atoms with Gasteiger partial charge in [-0.3, -0.25) is 0 Å². The average Bonchev–Trinajstić information content (AvgIpc) is 2.84. The summed E-state index contributed by atoms with van der Waals surface area (Å²) in [4.78, 5) is 3.48. The highest BCUT2D eigenvalue weighted by Gasteiger charge is 2.53. The van der Waals surface area contributed by atoms with Crippen molar-refractivity contribution in [2.45, 2.75) is 52.2 Å². The summed E-state index contributed by atoms with van der Waals surface area (Å²) in [6.45, 7) is 0.222. The van der Waals surface area contributed by atoms with E-state index in [1.54, 1.807) is 27.7 Å². The average molecular weight is 279 g/mol. The maximum absolute atomic E-state index is 13.7. The van der Waals surface area contributed by atoms with Crippen molar-refractivity contribution < 1.29 is 27.7 Å². The van der Waals surface area contributed by atoms with Crippen LogP contribution in [0.5, 0.6) is 0 Å². The van der Waals surface area contributed by atoms with Gasteiger partial charge in [-0.15, -0.1) is 0 Å². The Hall–Kier alpha value is -0.945. The van der Waals surface area contributed by atoms with E-state index in [1.165, 1.54) is 0 Å². The van der Waals surface area contributed by atoms with E-state index < -0.39 is 55.7 Å². The molecule has 1 fully saturated rings. The molecule has 0 atom stereocenters. The smallest absolute Gasteiger partial charge is 0.398 e. The summed E-state index contributed by atoms with van der Waals surface area (Å²) in [5.74, 6) is -1.51. The number of alkyl halides is 2. The fourth-order valence-electron chi connectivity index (χ4n) is 1.68. The number of imidazole rings is 1. The monoisotopic (exact) mass is 279 g/mol. The summed E-state index contributed by atoms with van der Waals surface area (Å²) in [6, 6.07) is 0. The highest BCUT2D eigenvalue weighted by Crippen LogP contribution is 2.36. The lowest BCUT2D eigenvalue weighted by Gasteiger charge is -2.32. The minimum atomic E-state index is -4.43. The molecule has 7 heteroatoms. The van der Waals surface area contributed by atoms with E-state index in [2.05, 4.69) is 4.98 Å². The highest BCUT2D eigenvalue weighted by molar-refractivity contribution is 6.61. The SMILES string of the molecule is [2H]C([2H])([2H])c1c(B2OC(C)(C)C(C)(C)O2)nc(C([2H])(F)F)n1C([2H])([2H])[2H]. The second kappa shape index (κ2) is 4.28. The fraction of sp³-hybridized carbons (Fsp3) is 0.750. The second-order valence-corrected chi connectivity index (χ2v) is 5.35. The van der Waals surface area contributed by atoms with Crippen molar-refractivity contribution in [1.29, 1.82) is 0 Å². The summed E-state index contributed by atoms with van der Waals surface area (Å²) in [6.07, 6.45) is -4.43. The fourth-order valence-corrected chi connectivity index (χ4v) is 1.68. The molecule has 0 N–H and O–H groups in total. The Morgan fingerprint density at radius 1 is 1.32 bits per heavy atom. The zero-order valence-electron chi connectivity index (χ0n) is 18.0. The van der Waals surface area contributed by atoms with E-state index in [4.69, 9.17) is 18.9 Å². The van der Waals surface area contributed by atoms with Crippen molar-refractivity contribution in [3.8, 4) is 0 Å². The van der Waals surface area contributed by atoms with Gasteiger partial charge in [0.15, 0.2) is 5.82 Å². The van der Waals surface area contributed by atoms with Crippen LogP contribution in [0.3, 0.4) is 0 Å². The van der Waals surface area contributed by atoms with Gasteiger partial charge in [-0.1, -0.05) is 0 Å². The molecule has 0 spiro atoms. The first-order chi connectivity index (χ1) is 11.3. The number of halogens is 2. The molecule has 0 aliphatic carbocycles. The lowest BCUT2D eigenvalue weighted by atomic mass is 9.83. The molecule has 0 amide bonds. The lowest BCUT2D eigenvalue weighted by Crippen LogP contribution is -2.41. The topological polar surface area (TPSA) is 36.3 Å². The van der Waals surface area contributed by atoms with Gasteiger partial charge in [-0.2, -0.15) is 0 Å². The second-order valence-electron chi connectivity index (χ2n) is 5.35. The van der Waals surface area contributed by atoms with Crippen LogP contribution in [0.1, 0.15) is 55.2 Å². The van der Waals surface area contributed by atoms with Crippen LogP contribution < -0.4 is 5.59 Å². The molecule has 1 aromatic rings. The van der Waals surface area contributed by atoms with Crippen molar-refractivity contribution in [2.24, 2.45) is 6.98 Å². The molecule has 0 aromatic carbocycles. The van der Waals surface area contributed by atoms with Crippen molar-refractivity contribution in [3.63, 3.8) is 0 Å². The molecular weight excluding hydrogens is 253 g/mol. The van der Waals surface area contributed by atoms with Gasteiger partial charge in [-0.25, -0.2) is 13.8 Å². The zero-order valence-corrected chi connectivity index (χ0v) is 11.0. The van der Waals surface area contributed by atoms with Gasteiger partial charge in [-0.05, 0) is 34.5 Å². The van der Waals surface area contributed by atoms with Crippen LogP contribution in [0, 0.1) is 6.85 Å². The predicted octanol–water partition coefficient (Wildman–Crippen LogP) is 1.97. The number of aromatic nitrogens is 2. The maximum atomic E-state index is 13.7. The Balaban J connectivity index is 2.78. The number of hydrogen-bond acceptors (Lipinski definition) is 3. The van der Waals surface area contributed by atoms with Crippen LogP contribution in [0.2, 0.25) is 0 Å². The quantitative estimate of drug-likeness (QED) is 0.776. The number of hydrogen-bond donors (Lipinski definition) is 0. The van der Waals surface area contributed by atoms with Crippen molar-refractivity contribution in [1.82, 2.24) is 9.55 Å². The third-order valence-corrected chi connectivity index (χ3v) is 3.55. The minimum Gasteiger partial charge on any atom is -0.398 e. The van der Waals surface area contributed by atoms with Crippen LogP contribution >= 0.6 is 0 Å². The first-order valence-corrected chi connectivity index (χ1v) is 5.66. The third-order valence-electron chi connectivity index (χ3n) is 3.55. The molecule has 0 bridgehead atoms. The van der Waals surface area contributed by atoms with Crippen LogP contribution in [0.4, 0.5) is 8.78 Å². The normalized spacial score (nSPS) is 28.7. The van der Waals surface area contributed by atoms with E-state index in [-0.39, 0.29) is 4.57 Å². The van der Waals surface area contributed by atoms with E-state index in [1.807, 2.05) is 0 Å². The van der Waals surface area contributed by atoms with Gasteiger partial charge < -0.3 is 13.9 Å². The number of rotatable bonds is 2. The summed E-state index contributed by atoms with van der Waals surface area (Å²) < 4.78 is 90.7. The molecule has 4 nitrogen and oxygen atoms in total. The minimum absolute atomic E-state index is 0.0899. The van der Waals surface area contributed by atoms with Gasteiger partial charge in [0, 0.05) is 20.9 Å². The highest BCUT2D eigenvalue weighted by atomic mass is 19.3. The standard InChI is InChI=1S/C12H19BF2N2O2/c1-7-8(16-10(9(14)15)17(7)6)13-18-11(2,3)12(4,5)19-13/h9H,1-6H3/i1D3,6D3,9D. The molecule has 106 valence electrons.